The van der Waals surface area contributed by atoms with E-state index >= 15 is 0 Å². The third-order valence-electron chi connectivity index (χ3n) is 3.00. The zero-order chi connectivity index (χ0) is 15.7. The van der Waals surface area contributed by atoms with E-state index in [1.54, 1.807) is 36.4 Å². The molecule has 0 unspecified atom stereocenters. The van der Waals surface area contributed by atoms with E-state index in [9.17, 15) is 9.59 Å². The standard InChI is InChI=1S/C15H9BrN2O3S/c16-12-7-6-10(21-12)8-11-13(19)17-15(22)18(14(11)20)9-4-2-1-3-5-9/h1-8H,(H,17,19,22). The fraction of sp³-hybridized carbons (Fsp3) is 0. The van der Waals surface area contributed by atoms with Gasteiger partial charge in [-0.15, -0.1) is 0 Å². The first-order valence-electron chi connectivity index (χ1n) is 6.28. The zero-order valence-corrected chi connectivity index (χ0v) is 13.5. The van der Waals surface area contributed by atoms with E-state index in [4.69, 9.17) is 16.6 Å². The normalized spacial score (nSPS) is 17.0. The highest BCUT2D eigenvalue weighted by Gasteiger charge is 2.34. The number of rotatable bonds is 2. The maximum atomic E-state index is 12.6. The predicted molar refractivity (Wildman–Crippen MR) is 89.1 cm³/mol. The van der Waals surface area contributed by atoms with Crippen LogP contribution in [0, 0.1) is 0 Å². The third kappa shape index (κ3) is 2.72. The van der Waals surface area contributed by atoms with Gasteiger partial charge in [-0.25, -0.2) is 0 Å². The Morgan fingerprint density at radius 3 is 2.50 bits per heavy atom. The Labute approximate surface area is 139 Å². The number of anilines is 1. The number of benzene rings is 1. The van der Waals surface area contributed by atoms with Gasteiger partial charge in [0.2, 0.25) is 0 Å². The molecule has 2 aromatic rings. The van der Waals surface area contributed by atoms with E-state index in [-0.39, 0.29) is 10.7 Å². The monoisotopic (exact) mass is 376 g/mol. The van der Waals surface area contributed by atoms with Gasteiger partial charge < -0.3 is 4.42 Å². The maximum absolute atomic E-state index is 12.6. The van der Waals surface area contributed by atoms with Crippen molar-refractivity contribution in [3.8, 4) is 0 Å². The van der Waals surface area contributed by atoms with Gasteiger partial charge in [0.25, 0.3) is 11.8 Å². The maximum Gasteiger partial charge on any atom is 0.270 e. The average molecular weight is 377 g/mol. The third-order valence-corrected chi connectivity index (χ3v) is 3.71. The highest BCUT2D eigenvalue weighted by atomic mass is 79.9. The Morgan fingerprint density at radius 1 is 1.14 bits per heavy atom. The predicted octanol–water partition coefficient (Wildman–Crippen LogP) is 2.87. The lowest BCUT2D eigenvalue weighted by atomic mass is 10.1. The molecule has 2 amide bonds. The van der Waals surface area contributed by atoms with Crippen LogP contribution in [0.2, 0.25) is 0 Å². The van der Waals surface area contributed by atoms with Crippen LogP contribution >= 0.6 is 28.1 Å². The quantitative estimate of drug-likeness (QED) is 0.497. The largest absolute Gasteiger partial charge is 0.450 e. The number of amides is 2. The minimum Gasteiger partial charge on any atom is -0.450 e. The number of furan rings is 1. The molecule has 5 nitrogen and oxygen atoms in total. The van der Waals surface area contributed by atoms with E-state index < -0.39 is 11.8 Å². The second-order valence-electron chi connectivity index (χ2n) is 4.44. The van der Waals surface area contributed by atoms with Gasteiger partial charge in [0, 0.05) is 0 Å². The van der Waals surface area contributed by atoms with Crippen molar-refractivity contribution in [3.63, 3.8) is 0 Å². The van der Waals surface area contributed by atoms with E-state index in [1.807, 2.05) is 6.07 Å². The Bertz CT molecular complexity index is 798. The van der Waals surface area contributed by atoms with Crippen LogP contribution in [0.25, 0.3) is 6.08 Å². The van der Waals surface area contributed by atoms with Crippen molar-refractivity contribution in [2.24, 2.45) is 0 Å². The summed E-state index contributed by atoms with van der Waals surface area (Å²) in [6, 6.07) is 12.2. The van der Waals surface area contributed by atoms with Crippen molar-refractivity contribution in [2.75, 3.05) is 4.90 Å². The first-order chi connectivity index (χ1) is 10.6. The van der Waals surface area contributed by atoms with E-state index in [2.05, 4.69) is 21.2 Å². The molecule has 22 heavy (non-hydrogen) atoms. The number of nitrogens with zero attached hydrogens (tertiary/aromatic N) is 1. The molecular weight excluding hydrogens is 368 g/mol. The molecule has 3 rings (SSSR count). The van der Waals surface area contributed by atoms with Crippen LogP contribution < -0.4 is 10.2 Å². The van der Waals surface area contributed by atoms with Gasteiger partial charge in [-0.1, -0.05) is 18.2 Å². The average Bonchev–Trinajstić information content (AvgIpc) is 2.90. The summed E-state index contributed by atoms with van der Waals surface area (Å²) < 4.78 is 5.82. The van der Waals surface area contributed by atoms with Gasteiger partial charge in [0.1, 0.15) is 11.3 Å². The Balaban J connectivity index is 2.01. The lowest BCUT2D eigenvalue weighted by Gasteiger charge is -2.28. The SMILES string of the molecule is O=C1NC(=S)N(c2ccccc2)C(=O)C1=Cc1ccc(Br)o1. The first kappa shape index (κ1) is 14.7. The molecule has 7 heteroatoms. The summed E-state index contributed by atoms with van der Waals surface area (Å²) in [6.45, 7) is 0. The van der Waals surface area contributed by atoms with E-state index in [1.165, 1.54) is 11.0 Å². The summed E-state index contributed by atoms with van der Waals surface area (Å²) in [4.78, 5) is 25.9. The van der Waals surface area contributed by atoms with Crippen LogP contribution in [0.3, 0.4) is 0 Å². The van der Waals surface area contributed by atoms with Crippen molar-refractivity contribution in [2.45, 2.75) is 0 Å². The van der Waals surface area contributed by atoms with E-state index in [0.717, 1.165) is 0 Å². The highest BCUT2D eigenvalue weighted by molar-refractivity contribution is 9.10. The van der Waals surface area contributed by atoms with Crippen LogP contribution in [0.4, 0.5) is 5.69 Å². The summed E-state index contributed by atoms with van der Waals surface area (Å²) >= 11 is 8.27. The molecule has 1 aromatic carbocycles. The van der Waals surface area contributed by atoms with Gasteiger partial charge in [-0.2, -0.15) is 0 Å². The van der Waals surface area contributed by atoms with Crippen molar-refractivity contribution in [1.29, 1.82) is 0 Å². The van der Waals surface area contributed by atoms with Gasteiger partial charge in [0.15, 0.2) is 9.78 Å². The van der Waals surface area contributed by atoms with Crippen LogP contribution in [0.15, 0.2) is 57.1 Å². The molecule has 1 aliphatic heterocycles. The molecule has 1 N–H and O–H groups in total. The van der Waals surface area contributed by atoms with Crippen LogP contribution in [0.5, 0.6) is 0 Å². The summed E-state index contributed by atoms with van der Waals surface area (Å²) in [5, 5.41) is 2.57. The lowest BCUT2D eigenvalue weighted by molar-refractivity contribution is -0.122. The number of nitrogens with one attached hydrogen (secondary N) is 1. The number of para-hydroxylation sites is 1. The molecule has 110 valence electrons. The Hall–Kier alpha value is -2.25. The highest BCUT2D eigenvalue weighted by Crippen LogP contribution is 2.23. The van der Waals surface area contributed by atoms with Crippen molar-refractivity contribution in [3.05, 3.63) is 58.5 Å². The summed E-state index contributed by atoms with van der Waals surface area (Å²) in [5.41, 5.74) is 0.545. The van der Waals surface area contributed by atoms with Crippen LogP contribution in [-0.2, 0) is 9.59 Å². The topological polar surface area (TPSA) is 62.6 Å². The number of hydrogen-bond donors (Lipinski definition) is 1. The fourth-order valence-corrected chi connectivity index (χ4v) is 2.62. The molecule has 0 atom stereocenters. The van der Waals surface area contributed by atoms with E-state index in [0.29, 0.717) is 16.1 Å². The number of hydrogen-bond acceptors (Lipinski definition) is 4. The molecule has 0 radical (unpaired) electrons. The second-order valence-corrected chi connectivity index (χ2v) is 5.60. The lowest BCUT2D eigenvalue weighted by Crippen LogP contribution is -2.54. The summed E-state index contributed by atoms with van der Waals surface area (Å²) in [6.07, 6.45) is 1.39. The first-order valence-corrected chi connectivity index (χ1v) is 7.48. The minimum atomic E-state index is -0.547. The number of carbonyl (C=O) groups is 2. The molecular formula is C15H9BrN2O3S. The summed E-state index contributed by atoms with van der Waals surface area (Å²) in [7, 11) is 0. The van der Waals surface area contributed by atoms with Crippen LogP contribution in [-0.4, -0.2) is 16.9 Å². The molecule has 2 heterocycles. The molecule has 1 saturated heterocycles. The second kappa shape index (κ2) is 5.86. The Kier molecular flexibility index (Phi) is 3.91. The molecule has 1 aromatic heterocycles. The molecule has 1 fully saturated rings. The molecule has 0 bridgehead atoms. The Morgan fingerprint density at radius 2 is 1.86 bits per heavy atom. The van der Waals surface area contributed by atoms with Gasteiger partial charge in [-0.3, -0.25) is 19.8 Å². The smallest absolute Gasteiger partial charge is 0.270 e. The number of carbonyl (C=O) groups excluding carboxylic acids is 2. The van der Waals surface area contributed by atoms with Crippen molar-refractivity contribution in [1.82, 2.24) is 5.32 Å². The fourth-order valence-electron chi connectivity index (χ4n) is 2.02. The zero-order valence-electron chi connectivity index (χ0n) is 11.1. The number of thiocarbonyl (C=S) groups is 1. The van der Waals surface area contributed by atoms with Gasteiger partial charge in [0.05, 0.1) is 5.69 Å². The van der Waals surface area contributed by atoms with Crippen molar-refractivity contribution >= 4 is 56.8 Å². The van der Waals surface area contributed by atoms with Gasteiger partial charge in [-0.05, 0) is 58.5 Å². The van der Waals surface area contributed by atoms with Gasteiger partial charge >= 0.3 is 0 Å². The molecule has 0 saturated carbocycles. The number of halogens is 1. The van der Waals surface area contributed by atoms with Crippen LogP contribution in [0.1, 0.15) is 5.76 Å². The summed E-state index contributed by atoms with van der Waals surface area (Å²) in [5.74, 6) is -0.645. The minimum absolute atomic E-state index is 0.0423. The molecule has 0 aliphatic carbocycles. The van der Waals surface area contributed by atoms with Crippen molar-refractivity contribution < 1.29 is 14.0 Å². The molecule has 1 aliphatic rings. The molecule has 0 spiro atoms.